The largest absolute Gasteiger partial charge is 0.493 e. The van der Waals surface area contributed by atoms with E-state index in [1.165, 1.54) is 7.11 Å². The van der Waals surface area contributed by atoms with Crippen LogP contribution in [-0.2, 0) is 6.42 Å². The molecule has 1 aromatic carbocycles. The van der Waals surface area contributed by atoms with E-state index in [4.69, 9.17) is 4.74 Å². The Balaban J connectivity index is 0.00000625. The van der Waals surface area contributed by atoms with E-state index in [0.29, 0.717) is 24.9 Å². The summed E-state index contributed by atoms with van der Waals surface area (Å²) in [6.45, 7) is 6.81. The number of hydrogen-bond acceptors (Lipinski definition) is 3. The zero-order valence-corrected chi connectivity index (χ0v) is 18.3. The number of benzene rings is 1. The van der Waals surface area contributed by atoms with E-state index in [2.05, 4.69) is 41.1 Å². The molecule has 0 aliphatic rings. The van der Waals surface area contributed by atoms with Crippen LogP contribution in [0.5, 0.6) is 11.5 Å². The number of guanidine groups is 1. The number of ether oxygens (including phenoxy) is 2. The number of methoxy groups -OCH3 is 1. The van der Waals surface area contributed by atoms with E-state index < -0.39 is 6.61 Å². The lowest BCUT2D eigenvalue weighted by atomic mass is 10.1. The first-order valence-corrected chi connectivity index (χ1v) is 8.53. The van der Waals surface area contributed by atoms with Gasteiger partial charge in [0.25, 0.3) is 0 Å². The number of aliphatic imine (C=N–C) groups is 1. The molecule has 1 unspecified atom stereocenters. The van der Waals surface area contributed by atoms with E-state index in [0.717, 1.165) is 18.1 Å². The standard InChI is InChI=1S/C18H29F2N3O2.HI/c1-6-21-18(23-13(4)12(2)3)22-10-9-14-7-8-15(24-5)16(11-14)25-17(19)20;/h7-8,11-13,17H,6,9-10H2,1-5H3,(H2,21,22,23);1H. The normalized spacial score (nSPS) is 12.6. The molecular weight excluding hydrogens is 455 g/mol. The lowest BCUT2D eigenvalue weighted by Gasteiger charge is -2.20. The Kier molecular flexibility index (Phi) is 12.3. The van der Waals surface area contributed by atoms with Crippen molar-refractivity contribution in [2.45, 2.75) is 46.8 Å². The third-order valence-electron chi connectivity index (χ3n) is 3.82. The molecule has 8 heteroatoms. The SMILES string of the molecule is CCNC(=NCCc1ccc(OC)c(OC(F)F)c1)NC(C)C(C)C.I. The predicted molar refractivity (Wildman–Crippen MR) is 112 cm³/mol. The van der Waals surface area contributed by atoms with Crippen LogP contribution in [0.1, 0.15) is 33.3 Å². The van der Waals surface area contributed by atoms with Crippen molar-refractivity contribution in [1.29, 1.82) is 0 Å². The monoisotopic (exact) mass is 485 g/mol. The summed E-state index contributed by atoms with van der Waals surface area (Å²) in [5, 5.41) is 6.56. The molecule has 0 heterocycles. The topological polar surface area (TPSA) is 54.9 Å². The molecule has 0 radical (unpaired) electrons. The van der Waals surface area contributed by atoms with E-state index in [9.17, 15) is 8.78 Å². The van der Waals surface area contributed by atoms with Crippen LogP contribution in [0, 0.1) is 5.92 Å². The Morgan fingerprint density at radius 3 is 2.42 bits per heavy atom. The van der Waals surface area contributed by atoms with Crippen molar-refractivity contribution < 1.29 is 18.3 Å². The third-order valence-corrected chi connectivity index (χ3v) is 3.82. The zero-order valence-electron chi connectivity index (χ0n) is 16.0. The first-order chi connectivity index (χ1) is 11.9. The van der Waals surface area contributed by atoms with E-state index >= 15 is 0 Å². The van der Waals surface area contributed by atoms with Gasteiger partial charge in [-0.15, -0.1) is 24.0 Å². The summed E-state index contributed by atoms with van der Waals surface area (Å²) in [4.78, 5) is 4.54. The summed E-state index contributed by atoms with van der Waals surface area (Å²) in [6.07, 6.45) is 0.607. The van der Waals surface area contributed by atoms with Gasteiger partial charge in [0.05, 0.1) is 7.11 Å². The Labute approximate surface area is 172 Å². The average Bonchev–Trinajstić information content (AvgIpc) is 2.54. The second-order valence-electron chi connectivity index (χ2n) is 6.05. The van der Waals surface area contributed by atoms with Crippen molar-refractivity contribution in [3.8, 4) is 11.5 Å². The van der Waals surface area contributed by atoms with Crippen LogP contribution < -0.4 is 20.1 Å². The molecule has 0 aliphatic carbocycles. The number of alkyl halides is 2. The smallest absolute Gasteiger partial charge is 0.387 e. The lowest BCUT2D eigenvalue weighted by molar-refractivity contribution is -0.0512. The van der Waals surface area contributed by atoms with E-state index in [1.54, 1.807) is 12.1 Å². The number of nitrogens with zero attached hydrogens (tertiary/aromatic N) is 1. The minimum Gasteiger partial charge on any atom is -0.493 e. The van der Waals surface area contributed by atoms with Crippen LogP contribution in [0.3, 0.4) is 0 Å². The molecule has 0 amide bonds. The minimum atomic E-state index is -2.88. The van der Waals surface area contributed by atoms with Crippen LogP contribution in [0.25, 0.3) is 0 Å². The second kappa shape index (κ2) is 12.9. The quantitative estimate of drug-likeness (QED) is 0.315. The summed E-state index contributed by atoms with van der Waals surface area (Å²) in [7, 11) is 1.42. The van der Waals surface area contributed by atoms with Gasteiger partial charge in [-0.3, -0.25) is 4.99 Å². The fourth-order valence-corrected chi connectivity index (χ4v) is 2.06. The summed E-state index contributed by atoms with van der Waals surface area (Å²) in [5.74, 6) is 1.56. The molecule has 0 bridgehead atoms. The molecular formula is C18H30F2IN3O2. The van der Waals surface area contributed by atoms with Crippen LogP contribution in [0.2, 0.25) is 0 Å². The summed E-state index contributed by atoms with van der Waals surface area (Å²) in [5.41, 5.74) is 0.855. The van der Waals surface area contributed by atoms with E-state index in [1.807, 2.05) is 13.0 Å². The molecule has 2 N–H and O–H groups in total. The Morgan fingerprint density at radius 2 is 1.88 bits per heavy atom. The van der Waals surface area contributed by atoms with E-state index in [-0.39, 0.29) is 35.5 Å². The molecule has 1 atom stereocenters. The third kappa shape index (κ3) is 8.86. The summed E-state index contributed by atoms with van der Waals surface area (Å²) < 4.78 is 34.5. The average molecular weight is 485 g/mol. The molecule has 0 fully saturated rings. The van der Waals surface area contributed by atoms with Crippen LogP contribution in [-0.4, -0.2) is 38.8 Å². The molecule has 0 aromatic heterocycles. The fourth-order valence-electron chi connectivity index (χ4n) is 2.06. The minimum absolute atomic E-state index is 0. The molecule has 0 spiro atoms. The second-order valence-corrected chi connectivity index (χ2v) is 6.05. The predicted octanol–water partition coefficient (Wildman–Crippen LogP) is 4.06. The van der Waals surface area contributed by atoms with Gasteiger partial charge >= 0.3 is 6.61 Å². The highest BCUT2D eigenvalue weighted by molar-refractivity contribution is 14.0. The van der Waals surface area contributed by atoms with Crippen molar-refractivity contribution >= 4 is 29.9 Å². The first-order valence-electron chi connectivity index (χ1n) is 8.53. The maximum Gasteiger partial charge on any atom is 0.387 e. The molecule has 0 saturated heterocycles. The maximum atomic E-state index is 12.5. The highest BCUT2D eigenvalue weighted by Crippen LogP contribution is 2.29. The molecule has 150 valence electrons. The number of rotatable bonds is 9. The van der Waals surface area contributed by atoms with Crippen molar-refractivity contribution in [3.63, 3.8) is 0 Å². The highest BCUT2D eigenvalue weighted by atomic mass is 127. The fraction of sp³-hybridized carbons (Fsp3) is 0.611. The maximum absolute atomic E-state index is 12.5. The van der Waals surface area contributed by atoms with Crippen LogP contribution in [0.4, 0.5) is 8.78 Å². The molecule has 26 heavy (non-hydrogen) atoms. The summed E-state index contributed by atoms with van der Waals surface area (Å²) in [6, 6.07) is 5.31. The lowest BCUT2D eigenvalue weighted by Crippen LogP contribution is -2.44. The van der Waals surface area contributed by atoms with Gasteiger partial charge in [0, 0.05) is 19.1 Å². The molecule has 1 aromatic rings. The van der Waals surface area contributed by atoms with Crippen molar-refractivity contribution in [1.82, 2.24) is 10.6 Å². The number of nitrogens with one attached hydrogen (secondary N) is 2. The van der Waals surface area contributed by atoms with Crippen molar-refractivity contribution in [3.05, 3.63) is 23.8 Å². The van der Waals surface area contributed by atoms with Gasteiger partial charge in [-0.1, -0.05) is 19.9 Å². The Hall–Kier alpha value is -1.32. The van der Waals surface area contributed by atoms with Gasteiger partial charge in [0.2, 0.25) is 0 Å². The van der Waals surface area contributed by atoms with Crippen molar-refractivity contribution in [2.75, 3.05) is 20.2 Å². The zero-order chi connectivity index (χ0) is 18.8. The number of halogens is 3. The van der Waals surface area contributed by atoms with Crippen LogP contribution in [0.15, 0.2) is 23.2 Å². The molecule has 0 aliphatic heterocycles. The first kappa shape index (κ1) is 24.7. The van der Waals surface area contributed by atoms with Gasteiger partial charge < -0.3 is 20.1 Å². The molecule has 0 saturated carbocycles. The summed E-state index contributed by atoms with van der Waals surface area (Å²) >= 11 is 0. The Bertz CT molecular complexity index is 557. The molecule has 1 rings (SSSR count). The van der Waals surface area contributed by atoms with Gasteiger partial charge in [-0.2, -0.15) is 8.78 Å². The molecule has 5 nitrogen and oxygen atoms in total. The van der Waals surface area contributed by atoms with Crippen molar-refractivity contribution in [2.24, 2.45) is 10.9 Å². The van der Waals surface area contributed by atoms with Gasteiger partial charge in [0.15, 0.2) is 17.5 Å². The van der Waals surface area contributed by atoms with Crippen LogP contribution >= 0.6 is 24.0 Å². The van der Waals surface area contributed by atoms with Gasteiger partial charge in [-0.25, -0.2) is 0 Å². The Morgan fingerprint density at radius 1 is 1.19 bits per heavy atom. The highest BCUT2D eigenvalue weighted by Gasteiger charge is 2.12. The van der Waals surface area contributed by atoms with Gasteiger partial charge in [-0.05, 0) is 43.9 Å². The van der Waals surface area contributed by atoms with Gasteiger partial charge in [0.1, 0.15) is 0 Å². The number of hydrogen-bond donors (Lipinski definition) is 2.